The summed E-state index contributed by atoms with van der Waals surface area (Å²) in [7, 11) is 0. The van der Waals surface area contributed by atoms with Crippen molar-refractivity contribution in [1.29, 1.82) is 0 Å². The third-order valence-corrected chi connectivity index (χ3v) is 14.7. The predicted molar refractivity (Wildman–Crippen MR) is 349 cm³/mol. The molecule has 0 aliphatic carbocycles. The van der Waals surface area contributed by atoms with Gasteiger partial charge < -0.3 is 54.5 Å². The number of hydrogen-bond donors (Lipinski definition) is 3. The molecule has 2 aromatic heterocycles. The van der Waals surface area contributed by atoms with E-state index in [-0.39, 0.29) is 31.0 Å². The Morgan fingerprint density at radius 2 is 0.944 bits per heavy atom. The van der Waals surface area contributed by atoms with E-state index < -0.39 is 40.6 Å². The van der Waals surface area contributed by atoms with Gasteiger partial charge in [-0.1, -0.05) is 84.9 Å². The molecule has 2 aliphatic rings. The Bertz CT molecular complexity index is 3240. The Hall–Kier alpha value is -8.72. The number of aromatic nitrogens is 4. The molecule has 2 aliphatic heterocycles. The van der Waals surface area contributed by atoms with Gasteiger partial charge >= 0.3 is 29.5 Å². The molecule has 2 atom stereocenters. The number of esters is 2. The highest BCUT2D eigenvalue weighted by molar-refractivity contribution is 6.66. The van der Waals surface area contributed by atoms with Gasteiger partial charge in [0.25, 0.3) is 0 Å². The van der Waals surface area contributed by atoms with E-state index in [1.54, 1.807) is 79.4 Å². The summed E-state index contributed by atoms with van der Waals surface area (Å²) < 4.78 is 22.7. The van der Waals surface area contributed by atoms with Crippen LogP contribution in [0.5, 0.6) is 11.5 Å². The van der Waals surface area contributed by atoms with E-state index in [0.717, 1.165) is 74.1 Å². The second-order valence-electron chi connectivity index (χ2n) is 23.6. The lowest BCUT2D eigenvalue weighted by molar-refractivity contribution is -0.156. The normalized spacial score (nSPS) is 13.7. The maximum absolute atomic E-state index is 13.6. The van der Waals surface area contributed by atoms with Crippen LogP contribution in [0.25, 0.3) is 0 Å². The minimum absolute atomic E-state index is 0.167. The Morgan fingerprint density at radius 3 is 1.36 bits per heavy atom. The van der Waals surface area contributed by atoms with Crippen LogP contribution in [0.4, 0.5) is 49.3 Å². The molecule has 89 heavy (non-hydrogen) atoms. The fraction of sp³-hybridized carbons (Fsp3) is 0.448. The fourth-order valence-corrected chi connectivity index (χ4v) is 10.0. The van der Waals surface area contributed by atoms with Gasteiger partial charge in [0.15, 0.2) is 11.6 Å². The quantitative estimate of drug-likeness (QED) is 0.0291. The number of halogens is 1. The van der Waals surface area contributed by atoms with Gasteiger partial charge in [0.2, 0.25) is 11.9 Å². The molecule has 0 spiro atoms. The second-order valence-corrected chi connectivity index (χ2v) is 23.9. The maximum atomic E-state index is 13.6. The number of nitrogens with zero attached hydrogens (tertiary/aromatic N) is 9. The monoisotopic (exact) mass is 1240 g/mol. The average molecular weight is 1240 g/mol. The molecule has 0 saturated carbocycles. The lowest BCUT2D eigenvalue weighted by Gasteiger charge is -2.28. The number of likely N-dealkylation sites (tertiary alicyclic amines) is 2. The van der Waals surface area contributed by atoms with Crippen molar-refractivity contribution >= 4 is 76.0 Å². The number of nitrogens with one attached hydrogen (secondary N) is 3. The Balaban J connectivity index is 0.000000254. The minimum atomic E-state index is -0.903. The number of rotatable bonds is 24. The van der Waals surface area contributed by atoms with Gasteiger partial charge in [-0.25, -0.2) is 29.1 Å². The lowest BCUT2D eigenvalue weighted by atomic mass is 10.0. The summed E-state index contributed by atoms with van der Waals surface area (Å²) in [6.45, 7) is 25.4. The number of carbonyl (C=O) groups excluding carboxylic acids is 5. The van der Waals surface area contributed by atoms with E-state index >= 15 is 0 Å². The first-order chi connectivity index (χ1) is 42.6. The van der Waals surface area contributed by atoms with E-state index in [0.29, 0.717) is 79.7 Å². The van der Waals surface area contributed by atoms with Gasteiger partial charge in [-0.15, -0.1) is 0 Å². The molecular weight excluding hydrogens is 1150 g/mol. The first-order valence-corrected chi connectivity index (χ1v) is 31.1. The molecule has 22 heteroatoms. The predicted octanol–water partition coefficient (Wildman–Crippen LogP) is 12.5. The average Bonchev–Trinajstić information content (AvgIpc) is 2.60. The number of amides is 3. The third kappa shape index (κ3) is 21.0. The topological polar surface area (TPSA) is 226 Å². The summed E-state index contributed by atoms with van der Waals surface area (Å²) in [5.74, 6) is 1.77. The minimum Gasteiger partial charge on any atom is -0.458 e. The van der Waals surface area contributed by atoms with E-state index in [9.17, 15) is 24.0 Å². The van der Waals surface area contributed by atoms with Crippen molar-refractivity contribution < 1.29 is 42.9 Å². The van der Waals surface area contributed by atoms with Gasteiger partial charge in [0.1, 0.15) is 40.5 Å². The summed E-state index contributed by atoms with van der Waals surface area (Å²) in [6.07, 6.45) is 7.09. The van der Waals surface area contributed by atoms with Crippen LogP contribution in [0.15, 0.2) is 122 Å². The van der Waals surface area contributed by atoms with Crippen molar-refractivity contribution in [3.63, 3.8) is 0 Å². The molecule has 0 unspecified atom stereocenters. The van der Waals surface area contributed by atoms with Crippen molar-refractivity contribution in [3.05, 3.63) is 144 Å². The van der Waals surface area contributed by atoms with Crippen molar-refractivity contribution in [3.8, 4) is 11.5 Å². The molecule has 8 rings (SSSR count). The number of carbonyl (C=O) groups is 5. The summed E-state index contributed by atoms with van der Waals surface area (Å²) in [4.78, 5) is 92.4. The Labute approximate surface area is 528 Å². The largest absolute Gasteiger partial charge is 0.458 e. The van der Waals surface area contributed by atoms with Crippen molar-refractivity contribution in [2.24, 2.45) is 0 Å². The number of benzene rings is 4. The smallest absolute Gasteiger partial charge is 0.415 e. The van der Waals surface area contributed by atoms with Crippen LogP contribution in [-0.2, 0) is 45.0 Å². The number of hydrogen-bond acceptors (Lipinski definition) is 18. The van der Waals surface area contributed by atoms with E-state index in [2.05, 4.69) is 44.7 Å². The highest BCUT2D eigenvalue weighted by Crippen LogP contribution is 2.31. The van der Waals surface area contributed by atoms with Gasteiger partial charge in [-0.05, 0) is 153 Å². The molecule has 21 nitrogen and oxygen atoms in total. The first-order valence-electron chi connectivity index (χ1n) is 30.7. The van der Waals surface area contributed by atoms with Crippen molar-refractivity contribution in [1.82, 2.24) is 29.7 Å². The molecule has 4 heterocycles. The van der Waals surface area contributed by atoms with Gasteiger partial charge in [-0.2, -0.15) is 9.97 Å². The standard InChI is InChI=1S/C34H43ClN6O5.C33H44N6O4/c1-6-39(7-2)32-36-22-28(41(31(35)43)23-25-13-9-8-10-14-25)29(38-32)37-27(30(42)46-34(3,4)5)21-24-15-17-26(18-16-24)45-33(44)40-19-11-12-20-40;1-6-38(7-2)31-35-23-28(34-22-25-13-9-8-10-14-25)29(37-31)36-27(30(40)43-33(3,4)5)21-24-15-17-26(18-16-24)42-32(41)39-19-11-12-20-39/h8-10,13-18,22,27H,6-7,11-12,19-21,23H2,1-5H3,(H,36,37,38);8-10,13-18,23,27,34H,6-7,11-12,19-22H2,1-5H3,(H,35,36,37)/t2*27-/m00/s1. The Kier molecular flexibility index (Phi) is 24.7. The highest BCUT2D eigenvalue weighted by atomic mass is 35.5. The summed E-state index contributed by atoms with van der Waals surface area (Å²) in [5.41, 5.74) is 3.20. The van der Waals surface area contributed by atoms with Crippen LogP contribution in [0.1, 0.15) is 117 Å². The SMILES string of the molecule is CCN(CC)c1ncc(N(Cc2ccccc2)C(=O)Cl)c(N[C@@H](Cc2ccc(OC(=O)N3CCCC3)cc2)C(=O)OC(C)(C)C)n1.CCN(CC)c1ncc(NCc2ccccc2)c(N[C@@H](Cc2ccc(OC(=O)N3CCCC3)cc2)C(=O)OC(C)(C)C)n1. The molecule has 0 radical (unpaired) electrons. The number of anilines is 6. The zero-order valence-corrected chi connectivity index (χ0v) is 53.8. The van der Waals surface area contributed by atoms with E-state index in [1.807, 2.05) is 112 Å². The fourth-order valence-electron chi connectivity index (χ4n) is 9.85. The zero-order chi connectivity index (χ0) is 64.1. The molecule has 6 aromatic rings. The zero-order valence-electron chi connectivity index (χ0n) is 53.1. The lowest BCUT2D eigenvalue weighted by Crippen LogP contribution is -2.39. The van der Waals surface area contributed by atoms with Crippen LogP contribution in [-0.4, -0.2) is 135 Å². The van der Waals surface area contributed by atoms with Crippen molar-refractivity contribution in [2.75, 3.05) is 83.0 Å². The van der Waals surface area contributed by atoms with Crippen LogP contribution in [0, 0.1) is 0 Å². The molecule has 3 N–H and O–H groups in total. The van der Waals surface area contributed by atoms with Gasteiger partial charge in [0.05, 0.1) is 24.6 Å². The van der Waals surface area contributed by atoms with Crippen LogP contribution in [0.3, 0.4) is 0 Å². The van der Waals surface area contributed by atoms with Crippen molar-refractivity contribution in [2.45, 2.75) is 144 Å². The number of ether oxygens (including phenoxy) is 4. The Morgan fingerprint density at radius 1 is 0.539 bits per heavy atom. The first kappa shape index (κ1) is 67.8. The molecule has 4 aromatic carbocycles. The summed E-state index contributed by atoms with van der Waals surface area (Å²) in [6, 6.07) is 32.1. The highest BCUT2D eigenvalue weighted by Gasteiger charge is 2.31. The molecule has 0 bridgehead atoms. The van der Waals surface area contributed by atoms with Crippen LogP contribution >= 0.6 is 11.6 Å². The van der Waals surface area contributed by atoms with Gasteiger partial charge in [0, 0.05) is 71.7 Å². The maximum Gasteiger partial charge on any atom is 0.415 e. The molecule has 2 saturated heterocycles. The summed E-state index contributed by atoms with van der Waals surface area (Å²) in [5, 5.41) is 9.35. The molecular formula is C67H87ClN12O9. The van der Waals surface area contributed by atoms with E-state index in [1.165, 1.54) is 4.90 Å². The van der Waals surface area contributed by atoms with Gasteiger partial charge in [-0.3, -0.25) is 9.69 Å². The molecule has 476 valence electrons. The van der Waals surface area contributed by atoms with Crippen LogP contribution < -0.4 is 40.1 Å². The third-order valence-electron chi connectivity index (χ3n) is 14.5. The molecule has 3 amide bonds. The summed E-state index contributed by atoms with van der Waals surface area (Å²) >= 11 is 6.13. The molecule has 2 fully saturated rings. The second kappa shape index (κ2) is 32.5. The van der Waals surface area contributed by atoms with Crippen LogP contribution in [0.2, 0.25) is 0 Å². The van der Waals surface area contributed by atoms with E-state index in [4.69, 9.17) is 40.5 Å².